The van der Waals surface area contributed by atoms with Gasteiger partial charge < -0.3 is 24.0 Å². The molecular weight excluding hydrogens is 334 g/mol. The van der Waals surface area contributed by atoms with Crippen LogP contribution in [0.25, 0.3) is 0 Å². The van der Waals surface area contributed by atoms with E-state index in [-0.39, 0.29) is 12.4 Å². The highest BCUT2D eigenvalue weighted by molar-refractivity contribution is 5.68. The normalized spacial score (nSPS) is 21.4. The van der Waals surface area contributed by atoms with E-state index in [4.69, 9.17) is 14.2 Å². The van der Waals surface area contributed by atoms with Crippen LogP contribution in [-0.2, 0) is 14.2 Å². The standard InChI is InChI=1S/C19H37N3O4/c1-19(2,3)26-18(23)22-14-12-21(13-15-22)11-10-20-8-6-16(7-9-20)17(24-4)25-5/h16-17H,6-15H2,1-5H3. The van der Waals surface area contributed by atoms with E-state index in [2.05, 4.69) is 9.80 Å². The Kier molecular flexibility index (Phi) is 8.13. The summed E-state index contributed by atoms with van der Waals surface area (Å²) in [5.41, 5.74) is -0.426. The lowest BCUT2D eigenvalue weighted by molar-refractivity contribution is -0.147. The van der Waals surface area contributed by atoms with Crippen LogP contribution >= 0.6 is 0 Å². The van der Waals surface area contributed by atoms with Gasteiger partial charge in [0.2, 0.25) is 0 Å². The Morgan fingerprint density at radius 2 is 1.42 bits per heavy atom. The van der Waals surface area contributed by atoms with Crippen molar-refractivity contribution < 1.29 is 19.0 Å². The predicted molar refractivity (Wildman–Crippen MR) is 101 cm³/mol. The summed E-state index contributed by atoms with van der Waals surface area (Å²) in [5.74, 6) is 0.499. The van der Waals surface area contributed by atoms with E-state index in [0.29, 0.717) is 5.92 Å². The fraction of sp³-hybridized carbons (Fsp3) is 0.947. The Bertz CT molecular complexity index is 421. The van der Waals surface area contributed by atoms with Crippen LogP contribution in [0.2, 0.25) is 0 Å². The van der Waals surface area contributed by atoms with Gasteiger partial charge in [-0.15, -0.1) is 0 Å². The van der Waals surface area contributed by atoms with Gasteiger partial charge in [0.1, 0.15) is 5.60 Å². The lowest BCUT2D eigenvalue weighted by Crippen LogP contribution is -2.51. The van der Waals surface area contributed by atoms with Gasteiger partial charge in [-0.25, -0.2) is 4.79 Å². The van der Waals surface area contributed by atoms with Crippen molar-refractivity contribution in [2.75, 3.05) is 66.6 Å². The molecular formula is C19H37N3O4. The largest absolute Gasteiger partial charge is 0.444 e. The molecule has 26 heavy (non-hydrogen) atoms. The number of hydrogen-bond donors (Lipinski definition) is 0. The molecule has 2 heterocycles. The van der Waals surface area contributed by atoms with Crippen molar-refractivity contribution in [1.82, 2.24) is 14.7 Å². The lowest BCUT2D eigenvalue weighted by atomic mass is 9.96. The Labute approximate surface area is 158 Å². The molecule has 0 aliphatic carbocycles. The molecule has 0 N–H and O–H groups in total. The minimum Gasteiger partial charge on any atom is -0.444 e. The predicted octanol–water partition coefficient (Wildman–Crippen LogP) is 1.87. The summed E-state index contributed by atoms with van der Waals surface area (Å²) in [5, 5.41) is 0. The van der Waals surface area contributed by atoms with Crippen molar-refractivity contribution in [3.05, 3.63) is 0 Å². The Hall–Kier alpha value is -0.890. The molecule has 2 rings (SSSR count). The van der Waals surface area contributed by atoms with E-state index >= 15 is 0 Å². The first-order valence-electron chi connectivity index (χ1n) is 9.80. The summed E-state index contributed by atoms with van der Waals surface area (Å²) < 4.78 is 16.3. The second kappa shape index (κ2) is 9.88. The van der Waals surface area contributed by atoms with Crippen molar-refractivity contribution in [3.8, 4) is 0 Å². The summed E-state index contributed by atoms with van der Waals surface area (Å²) in [6, 6.07) is 0. The van der Waals surface area contributed by atoms with Crippen molar-refractivity contribution in [2.45, 2.75) is 45.5 Å². The van der Waals surface area contributed by atoms with Crippen LogP contribution in [0.1, 0.15) is 33.6 Å². The van der Waals surface area contributed by atoms with Crippen LogP contribution in [0.5, 0.6) is 0 Å². The maximum Gasteiger partial charge on any atom is 0.410 e. The molecule has 2 saturated heterocycles. The highest BCUT2D eigenvalue weighted by atomic mass is 16.7. The van der Waals surface area contributed by atoms with Crippen molar-refractivity contribution in [1.29, 1.82) is 0 Å². The zero-order valence-corrected chi connectivity index (χ0v) is 17.2. The molecule has 2 aliphatic rings. The van der Waals surface area contributed by atoms with Crippen LogP contribution < -0.4 is 0 Å². The van der Waals surface area contributed by atoms with E-state index in [1.54, 1.807) is 14.2 Å². The Balaban J connectivity index is 1.63. The van der Waals surface area contributed by atoms with Gasteiger partial charge in [-0.1, -0.05) is 0 Å². The number of ether oxygens (including phenoxy) is 3. The topological polar surface area (TPSA) is 54.5 Å². The molecule has 1 amide bonds. The summed E-state index contributed by atoms with van der Waals surface area (Å²) in [4.78, 5) is 18.9. The number of piperidine rings is 1. The molecule has 0 aromatic rings. The number of nitrogens with zero attached hydrogens (tertiary/aromatic N) is 3. The molecule has 0 aromatic heterocycles. The van der Waals surface area contributed by atoms with E-state index in [1.165, 1.54) is 0 Å². The highest BCUT2D eigenvalue weighted by Gasteiger charge is 2.28. The van der Waals surface area contributed by atoms with Crippen LogP contribution in [-0.4, -0.2) is 99.3 Å². The van der Waals surface area contributed by atoms with Gasteiger partial charge in [0.05, 0.1) is 0 Å². The number of hydrogen-bond acceptors (Lipinski definition) is 6. The highest BCUT2D eigenvalue weighted by Crippen LogP contribution is 2.22. The van der Waals surface area contributed by atoms with Crippen molar-refractivity contribution >= 4 is 6.09 Å². The van der Waals surface area contributed by atoms with E-state index in [1.807, 2.05) is 25.7 Å². The SMILES string of the molecule is COC(OC)C1CCN(CCN2CCN(C(=O)OC(C)(C)C)CC2)CC1. The number of likely N-dealkylation sites (tertiary alicyclic amines) is 1. The summed E-state index contributed by atoms with van der Waals surface area (Å²) in [6.07, 6.45) is 1.99. The summed E-state index contributed by atoms with van der Waals surface area (Å²) >= 11 is 0. The van der Waals surface area contributed by atoms with E-state index in [9.17, 15) is 4.79 Å². The number of piperazine rings is 1. The van der Waals surface area contributed by atoms with Crippen LogP contribution in [0.4, 0.5) is 4.79 Å². The van der Waals surface area contributed by atoms with Gasteiger partial charge in [0.25, 0.3) is 0 Å². The molecule has 0 unspecified atom stereocenters. The number of rotatable bonds is 6. The number of amides is 1. The molecule has 2 aliphatic heterocycles. The maximum absolute atomic E-state index is 12.1. The molecule has 0 spiro atoms. The second-order valence-corrected chi connectivity index (χ2v) is 8.33. The molecule has 7 nitrogen and oxygen atoms in total. The second-order valence-electron chi connectivity index (χ2n) is 8.33. The monoisotopic (exact) mass is 371 g/mol. The van der Waals surface area contributed by atoms with E-state index < -0.39 is 5.60 Å². The molecule has 0 saturated carbocycles. The van der Waals surface area contributed by atoms with Gasteiger partial charge in [-0.05, 0) is 46.7 Å². The lowest BCUT2D eigenvalue weighted by Gasteiger charge is -2.38. The molecule has 0 aromatic carbocycles. The van der Waals surface area contributed by atoms with Crippen molar-refractivity contribution in [3.63, 3.8) is 0 Å². The molecule has 0 atom stereocenters. The first-order chi connectivity index (χ1) is 12.3. The third-order valence-electron chi connectivity index (χ3n) is 5.24. The number of carbonyl (C=O) groups excluding carboxylic acids is 1. The zero-order valence-electron chi connectivity index (χ0n) is 17.2. The van der Waals surface area contributed by atoms with E-state index in [0.717, 1.165) is 65.2 Å². The number of carbonyl (C=O) groups is 1. The van der Waals surface area contributed by atoms with Crippen LogP contribution in [0.3, 0.4) is 0 Å². The molecule has 0 radical (unpaired) electrons. The molecule has 2 fully saturated rings. The summed E-state index contributed by atoms with van der Waals surface area (Å²) in [7, 11) is 3.44. The van der Waals surface area contributed by atoms with Crippen LogP contribution in [0.15, 0.2) is 0 Å². The Morgan fingerprint density at radius 1 is 0.923 bits per heavy atom. The average molecular weight is 372 g/mol. The first kappa shape index (κ1) is 21.4. The fourth-order valence-electron chi connectivity index (χ4n) is 3.69. The third-order valence-corrected chi connectivity index (χ3v) is 5.24. The Morgan fingerprint density at radius 3 is 1.88 bits per heavy atom. The van der Waals surface area contributed by atoms with Gasteiger partial charge in [-0.3, -0.25) is 4.90 Å². The fourth-order valence-corrected chi connectivity index (χ4v) is 3.69. The van der Waals surface area contributed by atoms with Crippen molar-refractivity contribution in [2.24, 2.45) is 5.92 Å². The minimum atomic E-state index is -0.426. The zero-order chi connectivity index (χ0) is 19.2. The molecule has 152 valence electrons. The van der Waals surface area contributed by atoms with Gasteiger partial charge in [0, 0.05) is 59.4 Å². The molecule has 0 bridgehead atoms. The molecule has 7 heteroatoms. The quantitative estimate of drug-likeness (QED) is 0.665. The van der Waals surface area contributed by atoms with Crippen LogP contribution in [0, 0.1) is 5.92 Å². The first-order valence-corrected chi connectivity index (χ1v) is 9.80. The van der Waals surface area contributed by atoms with Gasteiger partial charge in [0.15, 0.2) is 6.29 Å². The smallest absolute Gasteiger partial charge is 0.410 e. The van der Waals surface area contributed by atoms with Gasteiger partial charge >= 0.3 is 6.09 Å². The minimum absolute atomic E-state index is 0.0712. The third kappa shape index (κ3) is 6.68. The summed E-state index contributed by atoms with van der Waals surface area (Å²) in [6.45, 7) is 13.4. The average Bonchev–Trinajstić information content (AvgIpc) is 2.61. The maximum atomic E-state index is 12.1. The van der Waals surface area contributed by atoms with Gasteiger partial charge in [-0.2, -0.15) is 0 Å². The number of methoxy groups -OCH3 is 2.